The molecule has 0 saturated carbocycles. The van der Waals surface area contributed by atoms with Gasteiger partial charge < -0.3 is 15.4 Å². The first-order valence-electron chi connectivity index (χ1n) is 6.34. The molecule has 0 atom stereocenters. The van der Waals surface area contributed by atoms with Gasteiger partial charge >= 0.3 is 0 Å². The molecule has 0 saturated heterocycles. The summed E-state index contributed by atoms with van der Waals surface area (Å²) in [5.41, 5.74) is 1.89. The molecular formula is C15H16ClN3O2. The molecule has 2 aromatic rings. The number of pyridine rings is 1. The first-order chi connectivity index (χ1) is 10.0. The monoisotopic (exact) mass is 305 g/mol. The quantitative estimate of drug-likeness (QED) is 0.909. The van der Waals surface area contributed by atoms with E-state index in [0.717, 1.165) is 5.56 Å². The Balaban J connectivity index is 2.24. The number of halogens is 1. The Bertz CT molecular complexity index is 657. The zero-order valence-corrected chi connectivity index (χ0v) is 12.8. The van der Waals surface area contributed by atoms with E-state index >= 15 is 0 Å². The third kappa shape index (κ3) is 3.44. The van der Waals surface area contributed by atoms with Crippen LogP contribution in [0.5, 0.6) is 5.75 Å². The van der Waals surface area contributed by atoms with Crippen LogP contribution in [0.4, 0.5) is 11.5 Å². The van der Waals surface area contributed by atoms with Crippen molar-refractivity contribution in [3.8, 4) is 5.75 Å². The number of hydrogen-bond acceptors (Lipinski definition) is 4. The van der Waals surface area contributed by atoms with Crippen molar-refractivity contribution in [2.45, 2.75) is 6.92 Å². The van der Waals surface area contributed by atoms with E-state index in [0.29, 0.717) is 27.8 Å². The van der Waals surface area contributed by atoms with Crippen LogP contribution in [-0.4, -0.2) is 25.0 Å². The zero-order chi connectivity index (χ0) is 15.4. The number of anilines is 2. The summed E-state index contributed by atoms with van der Waals surface area (Å²) in [6, 6.07) is 6.88. The second-order valence-corrected chi connectivity index (χ2v) is 4.85. The van der Waals surface area contributed by atoms with Gasteiger partial charge in [0.05, 0.1) is 18.4 Å². The highest BCUT2D eigenvalue weighted by Gasteiger charge is 2.12. The predicted octanol–water partition coefficient (Wildman–Crippen LogP) is 3.35. The van der Waals surface area contributed by atoms with Gasteiger partial charge in [0.15, 0.2) is 0 Å². The maximum absolute atomic E-state index is 12.2. The molecule has 1 heterocycles. The number of amides is 1. The van der Waals surface area contributed by atoms with Crippen molar-refractivity contribution < 1.29 is 9.53 Å². The molecule has 0 spiro atoms. The molecule has 2 N–H and O–H groups in total. The number of nitrogens with zero attached hydrogens (tertiary/aromatic N) is 1. The number of rotatable bonds is 4. The number of carbonyl (C=O) groups excluding carboxylic acids is 1. The molecule has 0 aliphatic heterocycles. The summed E-state index contributed by atoms with van der Waals surface area (Å²) < 4.78 is 5.23. The lowest BCUT2D eigenvalue weighted by molar-refractivity contribution is 0.102. The molecule has 2 rings (SSSR count). The van der Waals surface area contributed by atoms with Crippen molar-refractivity contribution in [2.24, 2.45) is 0 Å². The smallest absolute Gasteiger partial charge is 0.257 e. The molecule has 0 aliphatic rings. The molecule has 0 bridgehead atoms. The number of hydrogen-bond donors (Lipinski definition) is 2. The van der Waals surface area contributed by atoms with Gasteiger partial charge in [-0.3, -0.25) is 4.79 Å². The summed E-state index contributed by atoms with van der Waals surface area (Å²) in [5, 5.41) is 6.29. The third-order valence-corrected chi connectivity index (χ3v) is 3.42. The first kappa shape index (κ1) is 15.1. The van der Waals surface area contributed by atoms with E-state index in [4.69, 9.17) is 16.3 Å². The lowest BCUT2D eigenvalue weighted by Gasteiger charge is -2.12. The van der Waals surface area contributed by atoms with Crippen LogP contribution >= 0.6 is 11.6 Å². The third-order valence-electron chi connectivity index (χ3n) is 3.01. The van der Waals surface area contributed by atoms with Gasteiger partial charge in [-0.15, -0.1) is 0 Å². The summed E-state index contributed by atoms with van der Waals surface area (Å²) in [5.74, 6) is 0.954. The number of aromatic nitrogens is 1. The van der Waals surface area contributed by atoms with Crippen LogP contribution in [0.25, 0.3) is 0 Å². The predicted molar refractivity (Wildman–Crippen MR) is 84.5 cm³/mol. The number of aryl methyl sites for hydroxylation is 1. The van der Waals surface area contributed by atoms with Gasteiger partial charge in [-0.25, -0.2) is 4.98 Å². The summed E-state index contributed by atoms with van der Waals surface area (Å²) in [4.78, 5) is 16.3. The van der Waals surface area contributed by atoms with E-state index in [1.165, 1.54) is 13.3 Å². The average Bonchev–Trinajstić information content (AvgIpc) is 2.50. The van der Waals surface area contributed by atoms with Gasteiger partial charge in [0, 0.05) is 24.3 Å². The number of nitrogens with one attached hydrogen (secondary N) is 2. The van der Waals surface area contributed by atoms with Gasteiger partial charge in [-0.1, -0.05) is 11.6 Å². The second-order valence-electron chi connectivity index (χ2n) is 4.44. The van der Waals surface area contributed by atoms with Crippen LogP contribution in [0.2, 0.25) is 5.02 Å². The second kappa shape index (κ2) is 6.45. The molecule has 5 nitrogen and oxygen atoms in total. The minimum atomic E-state index is -0.259. The maximum atomic E-state index is 12.2. The Labute approximate surface area is 128 Å². The molecule has 110 valence electrons. The lowest BCUT2D eigenvalue weighted by atomic mass is 10.2. The van der Waals surface area contributed by atoms with Crippen molar-refractivity contribution in [3.63, 3.8) is 0 Å². The van der Waals surface area contributed by atoms with Crippen molar-refractivity contribution in [1.29, 1.82) is 0 Å². The molecule has 0 unspecified atom stereocenters. The van der Waals surface area contributed by atoms with Gasteiger partial charge in [-0.05, 0) is 30.7 Å². The standard InChI is InChI=1S/C15H16ClN3O2/c1-9-6-12(13(21-3)7-11(9)16)19-15(20)10-4-5-14(17-2)18-8-10/h4-8H,1-3H3,(H,17,18)(H,19,20). The largest absolute Gasteiger partial charge is 0.495 e. The highest BCUT2D eigenvalue weighted by molar-refractivity contribution is 6.31. The molecule has 1 aromatic carbocycles. The summed E-state index contributed by atoms with van der Waals surface area (Å²) in [7, 11) is 3.29. The molecule has 0 radical (unpaired) electrons. The van der Waals surface area contributed by atoms with Gasteiger partial charge in [0.25, 0.3) is 5.91 Å². The van der Waals surface area contributed by atoms with Gasteiger partial charge in [-0.2, -0.15) is 0 Å². The molecule has 0 aliphatic carbocycles. The highest BCUT2D eigenvalue weighted by atomic mass is 35.5. The molecular weight excluding hydrogens is 290 g/mol. The summed E-state index contributed by atoms with van der Waals surface area (Å²) >= 11 is 6.04. The average molecular weight is 306 g/mol. The Hall–Kier alpha value is -2.27. The van der Waals surface area contributed by atoms with E-state index in [1.807, 2.05) is 6.92 Å². The van der Waals surface area contributed by atoms with Gasteiger partial charge in [0.2, 0.25) is 0 Å². The summed E-state index contributed by atoms with van der Waals surface area (Å²) in [6.45, 7) is 1.86. The topological polar surface area (TPSA) is 63.2 Å². The molecule has 1 amide bonds. The van der Waals surface area contributed by atoms with Crippen LogP contribution in [0, 0.1) is 6.92 Å². The maximum Gasteiger partial charge on any atom is 0.257 e. The normalized spacial score (nSPS) is 10.1. The highest BCUT2D eigenvalue weighted by Crippen LogP contribution is 2.31. The Morgan fingerprint density at radius 3 is 2.67 bits per heavy atom. The molecule has 21 heavy (non-hydrogen) atoms. The van der Waals surface area contributed by atoms with E-state index in [1.54, 1.807) is 31.3 Å². The van der Waals surface area contributed by atoms with Crippen molar-refractivity contribution in [1.82, 2.24) is 4.98 Å². The summed E-state index contributed by atoms with van der Waals surface area (Å²) in [6.07, 6.45) is 1.51. The van der Waals surface area contributed by atoms with E-state index in [2.05, 4.69) is 15.6 Å². The van der Waals surface area contributed by atoms with E-state index < -0.39 is 0 Å². The SMILES string of the molecule is CNc1ccc(C(=O)Nc2cc(C)c(Cl)cc2OC)cn1. The Morgan fingerprint density at radius 2 is 2.10 bits per heavy atom. The van der Waals surface area contributed by atoms with E-state index in [9.17, 15) is 4.79 Å². The number of ether oxygens (including phenoxy) is 1. The fourth-order valence-electron chi connectivity index (χ4n) is 1.80. The number of benzene rings is 1. The zero-order valence-electron chi connectivity index (χ0n) is 12.0. The van der Waals surface area contributed by atoms with Crippen LogP contribution in [0.1, 0.15) is 15.9 Å². The Kier molecular flexibility index (Phi) is 4.65. The fraction of sp³-hybridized carbons (Fsp3) is 0.200. The van der Waals surface area contributed by atoms with Crippen LogP contribution in [-0.2, 0) is 0 Å². The number of carbonyl (C=O) groups is 1. The van der Waals surface area contributed by atoms with Crippen molar-refractivity contribution in [2.75, 3.05) is 24.8 Å². The minimum absolute atomic E-state index is 0.259. The van der Waals surface area contributed by atoms with Crippen LogP contribution in [0.3, 0.4) is 0 Å². The van der Waals surface area contributed by atoms with Crippen molar-refractivity contribution >= 4 is 29.0 Å². The minimum Gasteiger partial charge on any atom is -0.495 e. The van der Waals surface area contributed by atoms with Crippen molar-refractivity contribution in [3.05, 3.63) is 46.6 Å². The van der Waals surface area contributed by atoms with Gasteiger partial charge in [0.1, 0.15) is 11.6 Å². The number of methoxy groups -OCH3 is 1. The fourth-order valence-corrected chi connectivity index (χ4v) is 1.95. The Morgan fingerprint density at radius 1 is 1.33 bits per heavy atom. The first-order valence-corrected chi connectivity index (χ1v) is 6.72. The lowest BCUT2D eigenvalue weighted by Crippen LogP contribution is -2.13. The van der Waals surface area contributed by atoms with Crippen LogP contribution in [0.15, 0.2) is 30.5 Å². The molecule has 0 fully saturated rings. The molecule has 6 heteroatoms. The molecule has 1 aromatic heterocycles. The van der Waals surface area contributed by atoms with E-state index in [-0.39, 0.29) is 5.91 Å². The van der Waals surface area contributed by atoms with Crippen LogP contribution < -0.4 is 15.4 Å².